The number of nitrogens with one attached hydrogen (secondary N) is 1. The lowest BCUT2D eigenvalue weighted by Gasteiger charge is -2.44. The number of rotatable bonds is 1. The van der Waals surface area contributed by atoms with Crippen molar-refractivity contribution in [2.45, 2.75) is 25.2 Å². The molecule has 1 aromatic heterocycles. The normalized spacial score (nSPS) is 25.2. The number of pyridine rings is 1. The van der Waals surface area contributed by atoms with Gasteiger partial charge >= 0.3 is 0 Å². The molecule has 2 aromatic rings. The van der Waals surface area contributed by atoms with Gasteiger partial charge in [0.15, 0.2) is 5.78 Å². The Hall–Kier alpha value is -3.92. The highest BCUT2D eigenvalue weighted by Crippen LogP contribution is 2.55. The Morgan fingerprint density at radius 1 is 1.23 bits per heavy atom. The topological polar surface area (TPSA) is 112 Å². The summed E-state index contributed by atoms with van der Waals surface area (Å²) in [6.45, 7) is 2.00. The van der Waals surface area contributed by atoms with Crippen LogP contribution in [0.1, 0.15) is 25.3 Å². The van der Waals surface area contributed by atoms with Gasteiger partial charge in [0.05, 0.1) is 17.5 Å². The van der Waals surface area contributed by atoms with Gasteiger partial charge in [-0.25, -0.2) is 0 Å². The van der Waals surface area contributed by atoms with Gasteiger partial charge in [0.2, 0.25) is 5.91 Å². The average molecular weight is 397 g/mol. The lowest BCUT2D eigenvalue weighted by Crippen LogP contribution is -2.51. The molecule has 0 fully saturated rings. The standard InChI is InChI=1S/C23H19N5O2/c1-13-9-18-20(19(29)10-13)23(15-6-2-3-7-17(15)27-22(23)30)16(11-24)21(25)28(18)14-5-4-8-26-12-14/h2-8,12-13H,9-10,25H2,1H3,(H,27,30)/t13-,23-/m1/s1. The van der Waals surface area contributed by atoms with E-state index in [0.717, 1.165) is 0 Å². The predicted molar refractivity (Wildman–Crippen MR) is 111 cm³/mol. The number of aromatic nitrogens is 1. The number of nitrogens with zero attached hydrogens (tertiary/aromatic N) is 3. The van der Waals surface area contributed by atoms with Crippen LogP contribution in [0.4, 0.5) is 11.4 Å². The summed E-state index contributed by atoms with van der Waals surface area (Å²) in [6.07, 6.45) is 4.16. The molecule has 0 saturated carbocycles. The molecule has 30 heavy (non-hydrogen) atoms. The van der Waals surface area contributed by atoms with Gasteiger partial charge in [0.25, 0.3) is 0 Å². The third kappa shape index (κ3) is 2.16. The highest BCUT2D eigenvalue weighted by Gasteiger charge is 2.60. The number of Topliss-reactive ketones (excluding diaryl/α,β-unsaturated/α-hetero) is 1. The van der Waals surface area contributed by atoms with Crippen molar-refractivity contribution in [2.24, 2.45) is 11.7 Å². The fourth-order valence-electron chi connectivity index (χ4n) is 4.96. The summed E-state index contributed by atoms with van der Waals surface area (Å²) < 4.78 is 0. The lowest BCUT2D eigenvalue weighted by molar-refractivity contribution is -0.123. The van der Waals surface area contributed by atoms with Crippen LogP contribution in [0.5, 0.6) is 0 Å². The minimum Gasteiger partial charge on any atom is -0.384 e. The molecule has 5 rings (SSSR count). The van der Waals surface area contributed by atoms with E-state index in [0.29, 0.717) is 41.1 Å². The van der Waals surface area contributed by atoms with Gasteiger partial charge in [0.1, 0.15) is 17.3 Å². The molecular weight excluding hydrogens is 378 g/mol. The Bertz CT molecular complexity index is 1210. The number of nitriles is 1. The summed E-state index contributed by atoms with van der Waals surface area (Å²) >= 11 is 0. The van der Waals surface area contributed by atoms with Gasteiger partial charge in [-0.05, 0) is 30.5 Å². The van der Waals surface area contributed by atoms with Crippen molar-refractivity contribution < 1.29 is 9.59 Å². The highest BCUT2D eigenvalue weighted by atomic mass is 16.2. The zero-order valence-corrected chi connectivity index (χ0v) is 16.3. The average Bonchev–Trinajstić information content (AvgIpc) is 3.01. The maximum Gasteiger partial charge on any atom is 0.245 e. The van der Waals surface area contributed by atoms with Crippen molar-refractivity contribution in [3.05, 3.63) is 77.0 Å². The molecule has 0 unspecified atom stereocenters. The number of carbonyl (C=O) groups excluding carboxylic acids is 2. The van der Waals surface area contributed by atoms with Crippen molar-refractivity contribution in [2.75, 3.05) is 10.2 Å². The number of anilines is 2. The van der Waals surface area contributed by atoms with Crippen LogP contribution >= 0.6 is 0 Å². The molecule has 0 radical (unpaired) electrons. The number of benzene rings is 1. The van der Waals surface area contributed by atoms with Gasteiger partial charge in [-0.15, -0.1) is 0 Å². The molecular formula is C23H19N5O2. The van der Waals surface area contributed by atoms with Crippen LogP contribution in [0.25, 0.3) is 0 Å². The zero-order valence-electron chi connectivity index (χ0n) is 16.3. The van der Waals surface area contributed by atoms with Crippen LogP contribution < -0.4 is 16.0 Å². The number of allylic oxidation sites excluding steroid dienone is 1. The molecule has 0 saturated heterocycles. The van der Waals surface area contributed by atoms with Crippen molar-refractivity contribution >= 4 is 23.1 Å². The van der Waals surface area contributed by atoms with Crippen LogP contribution in [0.2, 0.25) is 0 Å². The number of amides is 1. The van der Waals surface area contributed by atoms with Crippen LogP contribution in [-0.2, 0) is 15.0 Å². The van der Waals surface area contributed by atoms with Gasteiger partial charge in [0, 0.05) is 35.1 Å². The first kappa shape index (κ1) is 18.1. The number of para-hydroxylation sites is 1. The molecule has 7 nitrogen and oxygen atoms in total. The largest absolute Gasteiger partial charge is 0.384 e. The molecule has 7 heteroatoms. The molecule has 1 spiro atoms. The molecule has 3 heterocycles. The van der Waals surface area contributed by atoms with E-state index >= 15 is 0 Å². The Morgan fingerprint density at radius 3 is 2.77 bits per heavy atom. The van der Waals surface area contributed by atoms with Crippen LogP contribution in [-0.4, -0.2) is 16.7 Å². The fraction of sp³-hybridized carbons (Fsp3) is 0.217. The van der Waals surface area contributed by atoms with Gasteiger partial charge in [-0.3, -0.25) is 19.5 Å². The van der Waals surface area contributed by atoms with Crippen molar-refractivity contribution in [3.63, 3.8) is 0 Å². The number of hydrogen-bond donors (Lipinski definition) is 2. The van der Waals surface area contributed by atoms with Crippen molar-refractivity contribution in [1.29, 1.82) is 5.26 Å². The fourth-order valence-corrected chi connectivity index (χ4v) is 4.96. The summed E-state index contributed by atoms with van der Waals surface area (Å²) in [5, 5.41) is 13.0. The first-order valence-corrected chi connectivity index (χ1v) is 9.78. The molecule has 2 atom stereocenters. The summed E-state index contributed by atoms with van der Waals surface area (Å²) in [5.74, 6) is -0.309. The minimum absolute atomic E-state index is 0.0652. The highest BCUT2D eigenvalue weighted by molar-refractivity contribution is 6.19. The Kier molecular flexibility index (Phi) is 3.80. The van der Waals surface area contributed by atoms with Crippen LogP contribution in [0.15, 0.2) is 71.5 Å². The summed E-state index contributed by atoms with van der Waals surface area (Å²) in [5.41, 5.74) is 7.95. The monoisotopic (exact) mass is 397 g/mol. The number of hydrogen-bond acceptors (Lipinski definition) is 6. The number of carbonyl (C=O) groups is 2. The van der Waals surface area contributed by atoms with E-state index in [4.69, 9.17) is 5.73 Å². The second kappa shape index (κ2) is 6.29. The molecule has 2 aliphatic heterocycles. The van der Waals surface area contributed by atoms with Crippen molar-refractivity contribution in [1.82, 2.24) is 4.98 Å². The smallest absolute Gasteiger partial charge is 0.245 e. The lowest BCUT2D eigenvalue weighted by atomic mass is 9.63. The van der Waals surface area contributed by atoms with Gasteiger partial charge in [-0.1, -0.05) is 25.1 Å². The third-order valence-electron chi connectivity index (χ3n) is 6.10. The summed E-state index contributed by atoms with van der Waals surface area (Å²) in [6, 6.07) is 12.9. The molecule has 1 amide bonds. The third-order valence-corrected chi connectivity index (χ3v) is 6.10. The van der Waals surface area contributed by atoms with E-state index < -0.39 is 11.3 Å². The first-order valence-electron chi connectivity index (χ1n) is 9.78. The van der Waals surface area contributed by atoms with E-state index in [1.165, 1.54) is 0 Å². The van der Waals surface area contributed by atoms with E-state index in [-0.39, 0.29) is 23.1 Å². The van der Waals surface area contributed by atoms with E-state index in [1.807, 2.05) is 19.1 Å². The second-order valence-electron chi connectivity index (χ2n) is 7.93. The number of ketones is 1. The first-order chi connectivity index (χ1) is 14.5. The predicted octanol–water partition coefficient (Wildman–Crippen LogP) is 2.74. The van der Waals surface area contributed by atoms with Gasteiger partial charge < -0.3 is 11.1 Å². The Morgan fingerprint density at radius 2 is 2.03 bits per heavy atom. The molecule has 148 valence electrons. The number of fused-ring (bicyclic) bond motifs is 3. The Balaban J connectivity index is 1.90. The Labute approximate surface area is 173 Å². The quantitative estimate of drug-likeness (QED) is 0.765. The van der Waals surface area contributed by atoms with Crippen LogP contribution in [0.3, 0.4) is 0 Å². The maximum atomic E-state index is 13.5. The molecule has 0 bridgehead atoms. The summed E-state index contributed by atoms with van der Waals surface area (Å²) in [7, 11) is 0. The molecule has 3 aliphatic rings. The minimum atomic E-state index is -1.53. The SMILES string of the molecule is C[C@H]1CC(=O)C2=C(C1)N(c1cccnc1)C(N)=C(C#N)[C@@]21C(=O)Nc2ccccc21. The second-order valence-corrected chi connectivity index (χ2v) is 7.93. The maximum absolute atomic E-state index is 13.5. The van der Waals surface area contributed by atoms with E-state index in [1.54, 1.807) is 41.6 Å². The molecule has 1 aromatic carbocycles. The zero-order chi connectivity index (χ0) is 21.0. The summed E-state index contributed by atoms with van der Waals surface area (Å²) in [4.78, 5) is 32.8. The van der Waals surface area contributed by atoms with Crippen molar-refractivity contribution in [3.8, 4) is 6.07 Å². The molecule has 3 N–H and O–H groups in total. The van der Waals surface area contributed by atoms with Gasteiger partial charge in [-0.2, -0.15) is 5.26 Å². The van der Waals surface area contributed by atoms with E-state index in [2.05, 4.69) is 16.4 Å². The molecule has 1 aliphatic carbocycles. The van der Waals surface area contributed by atoms with Crippen LogP contribution in [0, 0.1) is 17.2 Å². The van der Waals surface area contributed by atoms with E-state index in [9.17, 15) is 14.9 Å². The number of nitrogens with two attached hydrogens (primary N) is 1.